The molecule has 0 amide bonds. The van der Waals surface area contributed by atoms with Crippen LogP contribution in [0, 0.1) is 0 Å². The van der Waals surface area contributed by atoms with E-state index in [1.54, 1.807) is 0 Å². The number of fused-ring (bicyclic) bond motifs is 3. The summed E-state index contributed by atoms with van der Waals surface area (Å²) in [5.41, 5.74) is 4.55. The van der Waals surface area contributed by atoms with Crippen molar-refractivity contribution in [2.75, 3.05) is 0 Å². The summed E-state index contributed by atoms with van der Waals surface area (Å²) in [6.45, 7) is 0. The first-order chi connectivity index (χ1) is 9.42. The van der Waals surface area contributed by atoms with E-state index in [1.807, 2.05) is 18.3 Å². The number of rotatable bonds is 1. The van der Waals surface area contributed by atoms with E-state index in [2.05, 4.69) is 58.5 Å². The van der Waals surface area contributed by atoms with E-state index in [1.165, 1.54) is 21.9 Å². The van der Waals surface area contributed by atoms with Crippen molar-refractivity contribution in [2.24, 2.45) is 0 Å². The molecule has 0 radical (unpaired) electrons. The molecule has 2 heteroatoms. The summed E-state index contributed by atoms with van der Waals surface area (Å²) in [6.07, 6.45) is 1.82. The normalized spacial score (nSPS) is 11.2. The van der Waals surface area contributed by atoms with E-state index in [0.29, 0.717) is 0 Å². The molecule has 4 rings (SSSR count). The third-order valence-electron chi connectivity index (χ3n) is 3.48. The zero-order chi connectivity index (χ0) is 12.7. The number of nitrogens with one attached hydrogen (secondary N) is 1. The number of benzene rings is 2. The van der Waals surface area contributed by atoms with Gasteiger partial charge in [0, 0.05) is 22.5 Å². The minimum absolute atomic E-state index is 0.947. The fourth-order valence-electron chi connectivity index (χ4n) is 2.54. The number of H-pyrrole nitrogens is 1. The molecule has 90 valence electrons. The Morgan fingerprint density at radius 2 is 1.63 bits per heavy atom. The third-order valence-corrected chi connectivity index (χ3v) is 3.48. The topological polar surface area (TPSA) is 28.7 Å². The van der Waals surface area contributed by atoms with E-state index < -0.39 is 0 Å². The molecule has 0 saturated heterocycles. The molecule has 19 heavy (non-hydrogen) atoms. The second-order valence-corrected chi connectivity index (χ2v) is 4.65. The third kappa shape index (κ3) is 1.61. The maximum atomic E-state index is 4.37. The van der Waals surface area contributed by atoms with Gasteiger partial charge in [0.2, 0.25) is 0 Å². The predicted octanol–water partition coefficient (Wildman–Crippen LogP) is 4.38. The molecule has 0 atom stereocenters. The lowest BCUT2D eigenvalue weighted by Gasteiger charge is -2.01. The fraction of sp³-hybridized carbons (Fsp3) is 0. The first-order valence-electron chi connectivity index (χ1n) is 6.34. The van der Waals surface area contributed by atoms with Crippen molar-refractivity contribution in [1.82, 2.24) is 9.97 Å². The molecular formula is C17H12N2. The Bertz CT molecular complexity index is 860. The van der Waals surface area contributed by atoms with Crippen LogP contribution in [0.4, 0.5) is 0 Å². The summed E-state index contributed by atoms with van der Waals surface area (Å²) in [4.78, 5) is 7.71. The second-order valence-electron chi connectivity index (χ2n) is 4.65. The minimum atomic E-state index is 0.947. The van der Waals surface area contributed by atoms with Gasteiger partial charge in [0.15, 0.2) is 0 Å². The highest BCUT2D eigenvalue weighted by atomic mass is 14.8. The van der Waals surface area contributed by atoms with Gasteiger partial charge in [0.1, 0.15) is 5.65 Å². The number of aromatic nitrogens is 2. The average Bonchev–Trinajstić information content (AvgIpc) is 2.86. The summed E-state index contributed by atoms with van der Waals surface area (Å²) in [5.74, 6) is 0. The number of hydrogen-bond acceptors (Lipinski definition) is 1. The average molecular weight is 244 g/mol. The van der Waals surface area contributed by atoms with Crippen molar-refractivity contribution in [1.29, 1.82) is 0 Å². The van der Waals surface area contributed by atoms with Crippen LogP contribution in [-0.2, 0) is 0 Å². The van der Waals surface area contributed by atoms with Crippen LogP contribution < -0.4 is 0 Å². The highest BCUT2D eigenvalue weighted by molar-refractivity contribution is 6.07. The van der Waals surface area contributed by atoms with E-state index in [9.17, 15) is 0 Å². The van der Waals surface area contributed by atoms with E-state index in [0.717, 1.165) is 11.2 Å². The summed E-state index contributed by atoms with van der Waals surface area (Å²) in [5, 5.41) is 2.40. The van der Waals surface area contributed by atoms with Gasteiger partial charge in [-0.15, -0.1) is 0 Å². The Balaban J connectivity index is 2.03. The lowest BCUT2D eigenvalue weighted by Crippen LogP contribution is -1.76. The Hall–Kier alpha value is -2.61. The lowest BCUT2D eigenvalue weighted by atomic mass is 10.0. The molecule has 0 spiro atoms. The van der Waals surface area contributed by atoms with Crippen LogP contribution >= 0.6 is 0 Å². The van der Waals surface area contributed by atoms with Gasteiger partial charge in [-0.25, -0.2) is 4.98 Å². The second kappa shape index (κ2) is 3.95. The molecule has 2 aromatic heterocycles. The van der Waals surface area contributed by atoms with Gasteiger partial charge in [-0.05, 0) is 35.4 Å². The SMILES string of the molecule is c1ccc(-c2ccc3[nH]c4ncccc4c3c2)cc1. The largest absolute Gasteiger partial charge is 0.339 e. The number of nitrogens with zero attached hydrogens (tertiary/aromatic N) is 1. The highest BCUT2D eigenvalue weighted by Crippen LogP contribution is 2.28. The molecule has 0 bridgehead atoms. The van der Waals surface area contributed by atoms with Crippen LogP contribution in [0.2, 0.25) is 0 Å². The van der Waals surface area contributed by atoms with Gasteiger partial charge in [0.25, 0.3) is 0 Å². The van der Waals surface area contributed by atoms with Gasteiger partial charge in [-0.3, -0.25) is 0 Å². The molecule has 2 heterocycles. The smallest absolute Gasteiger partial charge is 0.138 e. The lowest BCUT2D eigenvalue weighted by molar-refractivity contribution is 1.35. The molecule has 2 nitrogen and oxygen atoms in total. The van der Waals surface area contributed by atoms with Crippen molar-refractivity contribution in [3.05, 3.63) is 66.9 Å². The van der Waals surface area contributed by atoms with Gasteiger partial charge < -0.3 is 4.98 Å². The van der Waals surface area contributed by atoms with Crippen molar-refractivity contribution in [2.45, 2.75) is 0 Å². The molecule has 0 unspecified atom stereocenters. The van der Waals surface area contributed by atoms with Crippen LogP contribution in [0.5, 0.6) is 0 Å². The molecule has 0 aliphatic carbocycles. The van der Waals surface area contributed by atoms with E-state index in [4.69, 9.17) is 0 Å². The highest BCUT2D eigenvalue weighted by Gasteiger charge is 2.06. The summed E-state index contributed by atoms with van der Waals surface area (Å²) < 4.78 is 0. The predicted molar refractivity (Wildman–Crippen MR) is 79.0 cm³/mol. The maximum Gasteiger partial charge on any atom is 0.138 e. The first kappa shape index (κ1) is 10.3. The number of pyridine rings is 1. The first-order valence-corrected chi connectivity index (χ1v) is 6.34. The Kier molecular flexibility index (Phi) is 2.15. The molecule has 4 aromatic rings. The molecule has 2 aromatic carbocycles. The molecule has 0 saturated carbocycles. The van der Waals surface area contributed by atoms with Crippen LogP contribution in [0.25, 0.3) is 33.1 Å². The monoisotopic (exact) mass is 244 g/mol. The van der Waals surface area contributed by atoms with Gasteiger partial charge in [-0.1, -0.05) is 36.4 Å². The molecule has 0 fully saturated rings. The Morgan fingerprint density at radius 1 is 0.737 bits per heavy atom. The van der Waals surface area contributed by atoms with Crippen LogP contribution in [0.1, 0.15) is 0 Å². The van der Waals surface area contributed by atoms with E-state index >= 15 is 0 Å². The van der Waals surface area contributed by atoms with Crippen molar-refractivity contribution in [3.63, 3.8) is 0 Å². The fourth-order valence-corrected chi connectivity index (χ4v) is 2.54. The Labute approximate surface area is 110 Å². The quantitative estimate of drug-likeness (QED) is 0.528. The maximum absolute atomic E-state index is 4.37. The van der Waals surface area contributed by atoms with Gasteiger partial charge in [-0.2, -0.15) is 0 Å². The summed E-state index contributed by atoms with van der Waals surface area (Å²) in [7, 11) is 0. The zero-order valence-corrected chi connectivity index (χ0v) is 10.3. The number of hydrogen-bond donors (Lipinski definition) is 1. The molecule has 0 aliphatic rings. The number of aromatic amines is 1. The molecule has 0 aliphatic heterocycles. The van der Waals surface area contributed by atoms with Crippen LogP contribution in [0.15, 0.2) is 66.9 Å². The molecule has 1 N–H and O–H groups in total. The van der Waals surface area contributed by atoms with Crippen LogP contribution in [-0.4, -0.2) is 9.97 Å². The van der Waals surface area contributed by atoms with Crippen molar-refractivity contribution in [3.8, 4) is 11.1 Å². The summed E-state index contributed by atoms with van der Waals surface area (Å²) in [6, 6.07) is 21.0. The van der Waals surface area contributed by atoms with Gasteiger partial charge in [0.05, 0.1) is 0 Å². The summed E-state index contributed by atoms with van der Waals surface area (Å²) >= 11 is 0. The van der Waals surface area contributed by atoms with E-state index in [-0.39, 0.29) is 0 Å². The minimum Gasteiger partial charge on any atom is -0.339 e. The standard InChI is InChI=1S/C17H12N2/c1-2-5-12(6-3-1)13-8-9-16-15(11-13)14-7-4-10-18-17(14)19-16/h1-11H,(H,18,19). The van der Waals surface area contributed by atoms with Crippen molar-refractivity contribution >= 4 is 21.9 Å². The van der Waals surface area contributed by atoms with Crippen LogP contribution in [0.3, 0.4) is 0 Å². The Morgan fingerprint density at radius 3 is 2.53 bits per heavy atom. The van der Waals surface area contributed by atoms with Crippen molar-refractivity contribution < 1.29 is 0 Å². The molecular weight excluding hydrogens is 232 g/mol. The zero-order valence-electron chi connectivity index (χ0n) is 10.3. The van der Waals surface area contributed by atoms with Gasteiger partial charge >= 0.3 is 0 Å².